The van der Waals surface area contributed by atoms with E-state index in [1.54, 1.807) is 24.3 Å². The predicted molar refractivity (Wildman–Crippen MR) is 111 cm³/mol. The van der Waals surface area contributed by atoms with E-state index in [-0.39, 0.29) is 11.6 Å². The van der Waals surface area contributed by atoms with Gasteiger partial charge in [0.25, 0.3) is 0 Å². The van der Waals surface area contributed by atoms with Crippen LogP contribution in [0.2, 0.25) is 0 Å². The average Bonchev–Trinajstić information content (AvgIpc) is 2.86. The van der Waals surface area contributed by atoms with Crippen molar-refractivity contribution < 1.29 is 24.1 Å². The van der Waals surface area contributed by atoms with Crippen LogP contribution in [0.25, 0.3) is 0 Å². The molecule has 0 amide bonds. The summed E-state index contributed by atoms with van der Waals surface area (Å²) in [6.07, 6.45) is -0.958. The summed E-state index contributed by atoms with van der Waals surface area (Å²) in [5, 5.41) is 31.2. The second-order valence-electron chi connectivity index (χ2n) is 8.14. The van der Waals surface area contributed by atoms with Crippen LogP contribution in [-0.2, 0) is 12.8 Å². The van der Waals surface area contributed by atoms with Gasteiger partial charge in [-0.15, -0.1) is 0 Å². The maximum Gasteiger partial charge on any atom is 0.123 e. The zero-order valence-electron chi connectivity index (χ0n) is 17.0. The Balaban J connectivity index is 1.46. The van der Waals surface area contributed by atoms with Crippen molar-refractivity contribution in [1.29, 1.82) is 0 Å². The number of nitrogens with zero attached hydrogens (tertiary/aromatic N) is 2. The fraction of sp³-hybridized carbons (Fsp3) is 0.478. The minimum Gasteiger partial charge on any atom is -0.391 e. The lowest BCUT2D eigenvalue weighted by Gasteiger charge is -2.25. The molecule has 30 heavy (non-hydrogen) atoms. The first kappa shape index (κ1) is 22.8. The molecule has 1 aliphatic heterocycles. The molecule has 7 heteroatoms. The van der Waals surface area contributed by atoms with Crippen molar-refractivity contribution in [3.05, 3.63) is 71.3 Å². The number of β-amino-alcohol motifs (C(OH)–C–C–N with tert-alkyl or cyclic N) is 3. The third-order valence-corrected chi connectivity index (χ3v) is 5.38. The number of halogens is 2. The van der Waals surface area contributed by atoms with Crippen LogP contribution in [0.4, 0.5) is 8.78 Å². The largest absolute Gasteiger partial charge is 0.391 e. The molecule has 5 nitrogen and oxygen atoms in total. The first-order valence-electron chi connectivity index (χ1n) is 10.3. The highest BCUT2D eigenvalue weighted by atomic mass is 19.1. The van der Waals surface area contributed by atoms with Crippen molar-refractivity contribution >= 4 is 0 Å². The van der Waals surface area contributed by atoms with Gasteiger partial charge in [-0.25, -0.2) is 8.78 Å². The summed E-state index contributed by atoms with van der Waals surface area (Å²) in [5.74, 6) is -0.601. The summed E-state index contributed by atoms with van der Waals surface area (Å²) in [7, 11) is 0. The van der Waals surface area contributed by atoms with E-state index in [4.69, 9.17) is 0 Å². The fourth-order valence-electron chi connectivity index (χ4n) is 3.96. The molecule has 2 aromatic rings. The summed E-state index contributed by atoms with van der Waals surface area (Å²) < 4.78 is 26.0. The van der Waals surface area contributed by atoms with E-state index in [9.17, 15) is 24.1 Å². The standard InChI is InChI=1S/C23H30F2N2O3/c24-19-5-1-17(2-6-19)11-21(28)13-26-9-10-27(16-23(30)15-26)14-22(29)12-18-3-7-20(25)8-4-18/h1-8,21-23,28-30H,9-16H2. The maximum absolute atomic E-state index is 13.0. The van der Waals surface area contributed by atoms with Crippen LogP contribution in [0.5, 0.6) is 0 Å². The zero-order chi connectivity index (χ0) is 21.5. The third kappa shape index (κ3) is 7.41. The summed E-state index contributed by atoms with van der Waals surface area (Å²) >= 11 is 0. The zero-order valence-corrected chi connectivity index (χ0v) is 17.0. The van der Waals surface area contributed by atoms with E-state index >= 15 is 0 Å². The molecule has 0 saturated carbocycles. The third-order valence-electron chi connectivity index (χ3n) is 5.38. The molecule has 2 aromatic carbocycles. The lowest BCUT2D eigenvalue weighted by atomic mass is 10.1. The van der Waals surface area contributed by atoms with Crippen LogP contribution in [0, 0.1) is 11.6 Å². The van der Waals surface area contributed by atoms with Crippen LogP contribution in [0.15, 0.2) is 48.5 Å². The topological polar surface area (TPSA) is 67.2 Å². The van der Waals surface area contributed by atoms with Gasteiger partial charge in [-0.05, 0) is 48.2 Å². The fourth-order valence-corrected chi connectivity index (χ4v) is 3.96. The molecule has 1 fully saturated rings. The Morgan fingerprint density at radius 1 is 0.733 bits per heavy atom. The van der Waals surface area contributed by atoms with Gasteiger partial charge in [0.2, 0.25) is 0 Å². The molecule has 1 saturated heterocycles. The van der Waals surface area contributed by atoms with Crippen molar-refractivity contribution in [1.82, 2.24) is 9.80 Å². The quantitative estimate of drug-likeness (QED) is 0.603. The summed E-state index contributed by atoms with van der Waals surface area (Å²) in [6, 6.07) is 12.2. The van der Waals surface area contributed by atoms with Gasteiger partial charge < -0.3 is 15.3 Å². The summed E-state index contributed by atoms with van der Waals surface area (Å²) in [4.78, 5) is 4.04. The Labute approximate surface area is 176 Å². The van der Waals surface area contributed by atoms with Crippen molar-refractivity contribution in [2.45, 2.75) is 31.2 Å². The maximum atomic E-state index is 13.0. The second kappa shape index (κ2) is 10.9. The molecule has 0 spiro atoms. The lowest BCUT2D eigenvalue weighted by molar-refractivity contribution is 0.0702. The summed E-state index contributed by atoms with van der Waals surface area (Å²) in [5.41, 5.74) is 1.73. The first-order valence-corrected chi connectivity index (χ1v) is 10.3. The minimum absolute atomic E-state index is 0.300. The van der Waals surface area contributed by atoms with Crippen LogP contribution < -0.4 is 0 Å². The van der Waals surface area contributed by atoms with Gasteiger partial charge in [-0.2, -0.15) is 0 Å². The number of aliphatic hydroxyl groups is 3. The summed E-state index contributed by atoms with van der Waals surface area (Å²) in [6.45, 7) is 3.07. The SMILES string of the molecule is OC(Cc1ccc(F)cc1)CN1CCN(CC(O)Cc2ccc(F)cc2)CC(O)C1. The number of hydrogen-bond acceptors (Lipinski definition) is 5. The Morgan fingerprint density at radius 2 is 1.10 bits per heavy atom. The first-order chi connectivity index (χ1) is 14.4. The monoisotopic (exact) mass is 420 g/mol. The molecule has 1 aliphatic rings. The molecule has 3 rings (SSSR count). The van der Waals surface area contributed by atoms with E-state index in [0.29, 0.717) is 52.1 Å². The van der Waals surface area contributed by atoms with E-state index in [1.165, 1.54) is 24.3 Å². The molecule has 164 valence electrons. The molecular formula is C23H30F2N2O3. The molecule has 0 aliphatic carbocycles. The van der Waals surface area contributed by atoms with E-state index in [2.05, 4.69) is 0 Å². The van der Waals surface area contributed by atoms with Gasteiger partial charge in [0.05, 0.1) is 18.3 Å². The van der Waals surface area contributed by atoms with Crippen LogP contribution >= 0.6 is 0 Å². The molecule has 3 N–H and O–H groups in total. The van der Waals surface area contributed by atoms with E-state index in [0.717, 1.165) is 11.1 Å². The number of rotatable bonds is 8. The van der Waals surface area contributed by atoms with Crippen molar-refractivity contribution in [3.63, 3.8) is 0 Å². The van der Waals surface area contributed by atoms with Gasteiger partial charge in [0.1, 0.15) is 11.6 Å². The molecule has 0 bridgehead atoms. The van der Waals surface area contributed by atoms with Gasteiger partial charge in [-0.3, -0.25) is 9.80 Å². The smallest absolute Gasteiger partial charge is 0.123 e. The van der Waals surface area contributed by atoms with E-state index < -0.39 is 18.3 Å². The Kier molecular flexibility index (Phi) is 8.30. The average molecular weight is 421 g/mol. The van der Waals surface area contributed by atoms with Gasteiger partial charge in [0.15, 0.2) is 0 Å². The Morgan fingerprint density at radius 3 is 1.47 bits per heavy atom. The highest BCUT2D eigenvalue weighted by Crippen LogP contribution is 2.11. The van der Waals surface area contributed by atoms with Gasteiger partial charge in [0, 0.05) is 39.3 Å². The van der Waals surface area contributed by atoms with E-state index in [1.807, 2.05) is 9.80 Å². The Hall–Kier alpha value is -1.90. The second-order valence-corrected chi connectivity index (χ2v) is 8.14. The number of aliphatic hydroxyl groups excluding tert-OH is 3. The molecule has 2 unspecified atom stereocenters. The number of hydrogen-bond donors (Lipinski definition) is 3. The highest BCUT2D eigenvalue weighted by molar-refractivity contribution is 5.17. The van der Waals surface area contributed by atoms with Gasteiger partial charge in [-0.1, -0.05) is 24.3 Å². The van der Waals surface area contributed by atoms with Crippen LogP contribution in [-0.4, -0.2) is 82.7 Å². The number of benzene rings is 2. The highest BCUT2D eigenvalue weighted by Gasteiger charge is 2.24. The minimum atomic E-state index is -0.613. The molecule has 1 heterocycles. The van der Waals surface area contributed by atoms with Crippen LogP contribution in [0.3, 0.4) is 0 Å². The molecular weight excluding hydrogens is 390 g/mol. The van der Waals surface area contributed by atoms with Crippen molar-refractivity contribution in [2.24, 2.45) is 0 Å². The predicted octanol–water partition coefficient (Wildman–Crippen LogP) is 1.45. The lowest BCUT2D eigenvalue weighted by Crippen LogP contribution is -2.38. The van der Waals surface area contributed by atoms with Gasteiger partial charge >= 0.3 is 0 Å². The molecule has 2 atom stereocenters. The normalized spacial score (nSPS) is 20.6. The molecule has 0 radical (unpaired) electrons. The van der Waals surface area contributed by atoms with Crippen molar-refractivity contribution in [3.8, 4) is 0 Å². The van der Waals surface area contributed by atoms with Crippen LogP contribution in [0.1, 0.15) is 11.1 Å². The Bertz CT molecular complexity index is 708. The van der Waals surface area contributed by atoms with Crippen molar-refractivity contribution in [2.75, 3.05) is 39.3 Å². The molecule has 0 aromatic heterocycles.